The van der Waals surface area contributed by atoms with Crippen LogP contribution in [0.3, 0.4) is 0 Å². The van der Waals surface area contributed by atoms with Gasteiger partial charge in [0, 0.05) is 12.2 Å². The zero-order chi connectivity index (χ0) is 15.3. The summed E-state index contributed by atoms with van der Waals surface area (Å²) in [4.78, 5) is 23.8. The van der Waals surface area contributed by atoms with Gasteiger partial charge in [-0.3, -0.25) is 4.79 Å². The van der Waals surface area contributed by atoms with Gasteiger partial charge in [0.2, 0.25) is 0 Å². The van der Waals surface area contributed by atoms with E-state index in [2.05, 4.69) is 5.32 Å². The minimum Gasteiger partial charge on any atom is -0.449 e. The van der Waals surface area contributed by atoms with Crippen LogP contribution in [0.2, 0.25) is 0 Å². The van der Waals surface area contributed by atoms with E-state index >= 15 is 0 Å². The van der Waals surface area contributed by atoms with E-state index in [1.807, 2.05) is 13.8 Å². The predicted molar refractivity (Wildman–Crippen MR) is 78.3 cm³/mol. The molecule has 110 valence electrons. The molecule has 0 aliphatic carbocycles. The lowest BCUT2D eigenvalue weighted by atomic mass is 10.1. The standard InChI is InChI=1S/C15H22N2O3/c1-9(2)8-17-14(18)11(4)20-15(19)13-10(3)6-5-7-12(13)16/h5-7,9,11H,8,16H2,1-4H3,(H,17,18). The molecule has 0 aliphatic heterocycles. The average Bonchev–Trinajstić information content (AvgIpc) is 2.35. The smallest absolute Gasteiger partial charge is 0.341 e. The number of aryl methyl sites for hydroxylation is 1. The molecule has 0 saturated heterocycles. The van der Waals surface area contributed by atoms with Crippen molar-refractivity contribution in [3.05, 3.63) is 29.3 Å². The lowest BCUT2D eigenvalue weighted by Crippen LogP contribution is -2.37. The monoisotopic (exact) mass is 278 g/mol. The molecule has 20 heavy (non-hydrogen) atoms. The number of amides is 1. The maximum absolute atomic E-state index is 12.1. The van der Waals surface area contributed by atoms with Gasteiger partial charge >= 0.3 is 5.97 Å². The molecule has 0 fully saturated rings. The number of esters is 1. The minimum atomic E-state index is -0.847. The highest BCUT2D eigenvalue weighted by Crippen LogP contribution is 2.18. The minimum absolute atomic E-state index is 0.306. The van der Waals surface area contributed by atoms with Crippen molar-refractivity contribution >= 4 is 17.6 Å². The van der Waals surface area contributed by atoms with Crippen LogP contribution < -0.4 is 11.1 Å². The fraction of sp³-hybridized carbons (Fsp3) is 0.467. The Kier molecular flexibility index (Phi) is 5.55. The van der Waals surface area contributed by atoms with Crippen molar-refractivity contribution in [1.29, 1.82) is 0 Å². The van der Waals surface area contributed by atoms with Crippen LogP contribution in [0.5, 0.6) is 0 Å². The van der Waals surface area contributed by atoms with E-state index in [1.54, 1.807) is 32.0 Å². The number of rotatable bonds is 5. The predicted octanol–water partition coefficient (Wildman–Crippen LogP) is 1.89. The first-order chi connectivity index (χ1) is 9.32. The molecule has 0 radical (unpaired) electrons. The number of carbonyl (C=O) groups excluding carboxylic acids is 2. The van der Waals surface area contributed by atoms with E-state index in [0.29, 0.717) is 23.7 Å². The number of nitrogens with one attached hydrogen (secondary N) is 1. The molecule has 1 amide bonds. The van der Waals surface area contributed by atoms with E-state index < -0.39 is 12.1 Å². The first-order valence-electron chi connectivity index (χ1n) is 6.66. The summed E-state index contributed by atoms with van der Waals surface area (Å²) < 4.78 is 5.16. The third kappa shape index (κ3) is 4.26. The molecule has 0 saturated carbocycles. The van der Waals surface area contributed by atoms with Crippen molar-refractivity contribution < 1.29 is 14.3 Å². The fourth-order valence-electron chi connectivity index (χ4n) is 1.69. The van der Waals surface area contributed by atoms with Crippen LogP contribution in [-0.2, 0) is 9.53 Å². The van der Waals surface area contributed by atoms with Gasteiger partial charge in [0.25, 0.3) is 5.91 Å². The van der Waals surface area contributed by atoms with Gasteiger partial charge in [-0.15, -0.1) is 0 Å². The molecule has 5 nitrogen and oxygen atoms in total. The summed E-state index contributed by atoms with van der Waals surface area (Å²) in [5, 5.41) is 2.72. The van der Waals surface area contributed by atoms with Gasteiger partial charge in [0.15, 0.2) is 6.10 Å². The molecule has 0 heterocycles. The quantitative estimate of drug-likeness (QED) is 0.636. The molecule has 1 aromatic rings. The number of carbonyl (C=O) groups is 2. The second kappa shape index (κ2) is 6.93. The topological polar surface area (TPSA) is 81.4 Å². The summed E-state index contributed by atoms with van der Waals surface area (Å²) >= 11 is 0. The Balaban J connectivity index is 2.68. The number of nitrogens with two attached hydrogens (primary N) is 1. The number of hydrogen-bond acceptors (Lipinski definition) is 4. The summed E-state index contributed by atoms with van der Waals surface area (Å²) in [5.41, 5.74) is 7.17. The van der Waals surface area contributed by atoms with E-state index in [4.69, 9.17) is 10.5 Å². The van der Waals surface area contributed by atoms with E-state index in [-0.39, 0.29) is 5.91 Å². The second-order valence-corrected chi connectivity index (χ2v) is 5.23. The summed E-state index contributed by atoms with van der Waals surface area (Å²) in [6.45, 7) is 7.85. The summed E-state index contributed by atoms with van der Waals surface area (Å²) in [6.07, 6.45) is -0.847. The lowest BCUT2D eigenvalue weighted by Gasteiger charge is -2.16. The van der Waals surface area contributed by atoms with Gasteiger partial charge in [-0.05, 0) is 31.4 Å². The highest BCUT2D eigenvalue weighted by molar-refractivity contribution is 5.98. The van der Waals surface area contributed by atoms with Gasteiger partial charge in [0.1, 0.15) is 0 Å². The first-order valence-corrected chi connectivity index (χ1v) is 6.66. The van der Waals surface area contributed by atoms with Gasteiger partial charge < -0.3 is 15.8 Å². The lowest BCUT2D eigenvalue weighted by molar-refractivity contribution is -0.129. The Hall–Kier alpha value is -2.04. The van der Waals surface area contributed by atoms with Gasteiger partial charge in [-0.25, -0.2) is 4.79 Å². The van der Waals surface area contributed by atoms with Crippen molar-refractivity contribution in [1.82, 2.24) is 5.32 Å². The molecule has 0 aliphatic rings. The van der Waals surface area contributed by atoms with Crippen LogP contribution in [0.1, 0.15) is 36.7 Å². The highest BCUT2D eigenvalue weighted by atomic mass is 16.5. The molecule has 1 atom stereocenters. The van der Waals surface area contributed by atoms with Crippen LogP contribution >= 0.6 is 0 Å². The van der Waals surface area contributed by atoms with Crippen molar-refractivity contribution in [3.8, 4) is 0 Å². The SMILES string of the molecule is Cc1cccc(N)c1C(=O)OC(C)C(=O)NCC(C)C. The molecule has 1 unspecified atom stereocenters. The Bertz CT molecular complexity index is 478. The maximum atomic E-state index is 12.1. The molecule has 5 heteroatoms. The normalized spacial score (nSPS) is 12.1. The third-order valence-electron chi connectivity index (χ3n) is 2.85. The van der Waals surface area contributed by atoms with Crippen molar-refractivity contribution in [2.45, 2.75) is 33.8 Å². The summed E-state index contributed by atoms with van der Waals surface area (Å²) in [6, 6.07) is 5.17. The zero-order valence-electron chi connectivity index (χ0n) is 12.4. The van der Waals surface area contributed by atoms with Crippen LogP contribution in [0.25, 0.3) is 0 Å². The Morgan fingerprint density at radius 2 is 1.95 bits per heavy atom. The van der Waals surface area contributed by atoms with E-state index in [9.17, 15) is 9.59 Å². The summed E-state index contributed by atoms with van der Waals surface area (Å²) in [7, 11) is 0. The number of anilines is 1. The van der Waals surface area contributed by atoms with E-state index in [0.717, 1.165) is 5.56 Å². The first kappa shape index (κ1) is 16.0. The molecular formula is C15H22N2O3. The Morgan fingerprint density at radius 3 is 2.50 bits per heavy atom. The molecular weight excluding hydrogens is 256 g/mol. The fourth-order valence-corrected chi connectivity index (χ4v) is 1.69. The molecule has 1 aromatic carbocycles. The number of ether oxygens (including phenoxy) is 1. The van der Waals surface area contributed by atoms with E-state index in [1.165, 1.54) is 0 Å². The van der Waals surface area contributed by atoms with Crippen LogP contribution in [0.4, 0.5) is 5.69 Å². The van der Waals surface area contributed by atoms with Gasteiger partial charge in [-0.1, -0.05) is 26.0 Å². The number of benzene rings is 1. The number of nitrogen functional groups attached to an aromatic ring is 1. The largest absolute Gasteiger partial charge is 0.449 e. The molecule has 3 N–H and O–H groups in total. The average molecular weight is 278 g/mol. The van der Waals surface area contributed by atoms with Crippen molar-refractivity contribution in [2.75, 3.05) is 12.3 Å². The van der Waals surface area contributed by atoms with Gasteiger partial charge in [0.05, 0.1) is 5.56 Å². The third-order valence-corrected chi connectivity index (χ3v) is 2.85. The van der Waals surface area contributed by atoms with Crippen LogP contribution in [0.15, 0.2) is 18.2 Å². The maximum Gasteiger partial charge on any atom is 0.341 e. The Morgan fingerprint density at radius 1 is 1.30 bits per heavy atom. The van der Waals surface area contributed by atoms with Gasteiger partial charge in [-0.2, -0.15) is 0 Å². The number of hydrogen-bond donors (Lipinski definition) is 2. The van der Waals surface area contributed by atoms with Crippen molar-refractivity contribution in [3.63, 3.8) is 0 Å². The highest BCUT2D eigenvalue weighted by Gasteiger charge is 2.21. The molecule has 0 bridgehead atoms. The Labute approximate surface area is 119 Å². The molecule has 1 rings (SSSR count). The van der Waals surface area contributed by atoms with Crippen molar-refractivity contribution in [2.24, 2.45) is 5.92 Å². The zero-order valence-corrected chi connectivity index (χ0v) is 12.4. The van der Waals surface area contributed by atoms with Crippen LogP contribution in [0, 0.1) is 12.8 Å². The summed E-state index contributed by atoms with van der Waals surface area (Å²) in [5.74, 6) is -0.541. The van der Waals surface area contributed by atoms with Crippen LogP contribution in [-0.4, -0.2) is 24.5 Å². The molecule has 0 spiro atoms. The second-order valence-electron chi connectivity index (χ2n) is 5.23. The molecule has 0 aromatic heterocycles.